The SMILES string of the molecule is COc1ccc2nc(N(CCCN(C)C)C(=O)c3cc(C)n(C)n3)sc2c1.Cl. The van der Waals surface area contributed by atoms with Crippen molar-refractivity contribution in [2.75, 3.05) is 39.2 Å². The lowest BCUT2D eigenvalue weighted by atomic mass is 10.3. The summed E-state index contributed by atoms with van der Waals surface area (Å²) in [5.41, 5.74) is 2.25. The largest absolute Gasteiger partial charge is 0.497 e. The molecular weight excluding hydrogens is 398 g/mol. The van der Waals surface area contributed by atoms with E-state index in [0.717, 1.165) is 34.6 Å². The van der Waals surface area contributed by atoms with Gasteiger partial charge in [-0.05, 0) is 58.3 Å². The molecule has 9 heteroatoms. The van der Waals surface area contributed by atoms with Gasteiger partial charge in [0.25, 0.3) is 5.91 Å². The van der Waals surface area contributed by atoms with Crippen LogP contribution in [0.25, 0.3) is 10.2 Å². The van der Waals surface area contributed by atoms with Gasteiger partial charge in [-0.15, -0.1) is 12.4 Å². The van der Waals surface area contributed by atoms with E-state index in [2.05, 4.69) is 15.0 Å². The van der Waals surface area contributed by atoms with Gasteiger partial charge in [0, 0.05) is 19.3 Å². The van der Waals surface area contributed by atoms with E-state index in [1.54, 1.807) is 16.7 Å². The van der Waals surface area contributed by atoms with Gasteiger partial charge in [-0.25, -0.2) is 4.98 Å². The summed E-state index contributed by atoms with van der Waals surface area (Å²) in [5, 5.41) is 5.04. The molecule has 3 rings (SSSR count). The summed E-state index contributed by atoms with van der Waals surface area (Å²) in [6.07, 6.45) is 0.851. The van der Waals surface area contributed by atoms with Crippen molar-refractivity contribution in [3.63, 3.8) is 0 Å². The first-order valence-electron chi connectivity index (χ1n) is 8.81. The first kappa shape index (κ1) is 22.1. The molecular formula is C19H26ClN5O2S. The van der Waals surface area contributed by atoms with Crippen molar-refractivity contribution in [2.45, 2.75) is 13.3 Å². The van der Waals surface area contributed by atoms with E-state index in [0.29, 0.717) is 17.4 Å². The molecule has 0 bridgehead atoms. The number of nitrogens with zero attached hydrogens (tertiary/aromatic N) is 5. The van der Waals surface area contributed by atoms with E-state index in [-0.39, 0.29) is 18.3 Å². The van der Waals surface area contributed by atoms with Crippen molar-refractivity contribution in [1.82, 2.24) is 19.7 Å². The van der Waals surface area contributed by atoms with Crippen LogP contribution in [0.1, 0.15) is 22.6 Å². The molecule has 0 aliphatic carbocycles. The van der Waals surface area contributed by atoms with E-state index >= 15 is 0 Å². The lowest BCUT2D eigenvalue weighted by molar-refractivity contribution is 0.0980. The number of hydrogen-bond donors (Lipinski definition) is 0. The first-order valence-corrected chi connectivity index (χ1v) is 9.62. The molecule has 28 heavy (non-hydrogen) atoms. The standard InChI is InChI=1S/C19H25N5O2S.ClH/c1-13-11-16(21-23(13)4)18(25)24(10-6-9-22(2)3)19-20-15-8-7-14(26-5)12-17(15)27-19;/h7-8,11-12H,6,9-10H2,1-5H3;1H. The third kappa shape index (κ3) is 4.81. The van der Waals surface area contributed by atoms with Crippen LogP contribution in [0.5, 0.6) is 5.75 Å². The van der Waals surface area contributed by atoms with Gasteiger partial charge in [0.15, 0.2) is 10.8 Å². The fourth-order valence-corrected chi connectivity index (χ4v) is 3.79. The Hall–Kier alpha value is -2.16. The van der Waals surface area contributed by atoms with Gasteiger partial charge >= 0.3 is 0 Å². The highest BCUT2D eigenvalue weighted by Crippen LogP contribution is 2.32. The smallest absolute Gasteiger partial charge is 0.280 e. The Bertz CT molecular complexity index is 934. The second kappa shape index (κ2) is 9.36. The Kier molecular flexibility index (Phi) is 7.40. The van der Waals surface area contributed by atoms with Crippen molar-refractivity contribution in [3.05, 3.63) is 35.7 Å². The maximum absolute atomic E-state index is 13.2. The van der Waals surface area contributed by atoms with Crippen LogP contribution < -0.4 is 9.64 Å². The molecule has 0 saturated carbocycles. The Balaban J connectivity index is 0.00000280. The van der Waals surface area contributed by atoms with E-state index in [4.69, 9.17) is 4.74 Å². The van der Waals surface area contributed by atoms with Gasteiger partial charge < -0.3 is 9.64 Å². The first-order chi connectivity index (χ1) is 12.9. The molecule has 0 spiro atoms. The van der Waals surface area contributed by atoms with Crippen LogP contribution >= 0.6 is 23.7 Å². The number of carbonyl (C=O) groups excluding carboxylic acids is 1. The number of methoxy groups -OCH3 is 1. The number of aromatic nitrogens is 3. The summed E-state index contributed by atoms with van der Waals surface area (Å²) in [6.45, 7) is 3.41. The van der Waals surface area contributed by atoms with Crippen molar-refractivity contribution in [2.24, 2.45) is 7.05 Å². The highest BCUT2D eigenvalue weighted by atomic mass is 35.5. The second-order valence-electron chi connectivity index (χ2n) is 6.74. The minimum Gasteiger partial charge on any atom is -0.497 e. The predicted molar refractivity (Wildman–Crippen MR) is 116 cm³/mol. The molecule has 152 valence electrons. The highest BCUT2D eigenvalue weighted by Gasteiger charge is 2.23. The van der Waals surface area contributed by atoms with Gasteiger partial charge in [-0.3, -0.25) is 14.4 Å². The van der Waals surface area contributed by atoms with E-state index < -0.39 is 0 Å². The fourth-order valence-electron chi connectivity index (χ4n) is 2.77. The van der Waals surface area contributed by atoms with Crippen molar-refractivity contribution >= 4 is 45.0 Å². The average Bonchev–Trinajstić information content (AvgIpc) is 3.20. The molecule has 0 aliphatic rings. The minimum absolute atomic E-state index is 0. The molecule has 0 N–H and O–H groups in total. The van der Waals surface area contributed by atoms with Crippen LogP contribution in [0.3, 0.4) is 0 Å². The predicted octanol–water partition coefficient (Wildman–Crippen LogP) is 3.37. The third-order valence-electron chi connectivity index (χ3n) is 4.38. The summed E-state index contributed by atoms with van der Waals surface area (Å²) >= 11 is 1.49. The maximum atomic E-state index is 13.2. The molecule has 1 amide bonds. The molecule has 0 atom stereocenters. The van der Waals surface area contributed by atoms with E-state index in [1.807, 2.05) is 52.3 Å². The number of amides is 1. The van der Waals surface area contributed by atoms with Gasteiger partial charge in [0.1, 0.15) is 5.75 Å². The second-order valence-corrected chi connectivity index (χ2v) is 7.75. The zero-order chi connectivity index (χ0) is 19.6. The molecule has 2 aromatic heterocycles. The third-order valence-corrected chi connectivity index (χ3v) is 5.42. The number of aryl methyl sites for hydroxylation is 2. The number of fused-ring (bicyclic) bond motifs is 1. The van der Waals surface area contributed by atoms with Crippen LogP contribution in [0.4, 0.5) is 5.13 Å². The minimum atomic E-state index is -0.122. The summed E-state index contributed by atoms with van der Waals surface area (Å²) in [4.78, 5) is 21.7. The van der Waals surface area contributed by atoms with Gasteiger partial charge in [0.05, 0.1) is 17.3 Å². The maximum Gasteiger partial charge on any atom is 0.280 e. The number of rotatable bonds is 7. The summed E-state index contributed by atoms with van der Waals surface area (Å²) in [5.74, 6) is 0.659. The summed E-state index contributed by atoms with van der Waals surface area (Å²) in [7, 11) is 7.53. The number of thiazole rings is 1. The molecule has 2 heterocycles. The Labute approximate surface area is 175 Å². The Morgan fingerprint density at radius 3 is 2.61 bits per heavy atom. The van der Waals surface area contributed by atoms with Gasteiger partial charge in [-0.2, -0.15) is 5.10 Å². The fraction of sp³-hybridized carbons (Fsp3) is 0.421. The highest BCUT2D eigenvalue weighted by molar-refractivity contribution is 7.22. The molecule has 0 fully saturated rings. The summed E-state index contributed by atoms with van der Waals surface area (Å²) in [6, 6.07) is 7.56. The van der Waals surface area contributed by atoms with Crippen molar-refractivity contribution in [1.29, 1.82) is 0 Å². The zero-order valence-corrected chi connectivity index (χ0v) is 18.4. The lowest BCUT2D eigenvalue weighted by Gasteiger charge is -2.20. The lowest BCUT2D eigenvalue weighted by Crippen LogP contribution is -2.33. The topological polar surface area (TPSA) is 63.5 Å². The van der Waals surface area contributed by atoms with Crippen LogP contribution in [0.2, 0.25) is 0 Å². The molecule has 0 aliphatic heterocycles. The van der Waals surface area contributed by atoms with Crippen LogP contribution in [-0.2, 0) is 7.05 Å². The number of benzene rings is 1. The molecule has 0 saturated heterocycles. The summed E-state index contributed by atoms with van der Waals surface area (Å²) < 4.78 is 8.01. The number of hydrogen-bond acceptors (Lipinski definition) is 6. The average molecular weight is 424 g/mol. The van der Waals surface area contributed by atoms with Crippen LogP contribution in [0, 0.1) is 6.92 Å². The number of carbonyl (C=O) groups is 1. The zero-order valence-electron chi connectivity index (χ0n) is 16.8. The normalized spacial score (nSPS) is 10.9. The Morgan fingerprint density at radius 2 is 2.00 bits per heavy atom. The Morgan fingerprint density at radius 1 is 1.25 bits per heavy atom. The molecule has 7 nitrogen and oxygen atoms in total. The van der Waals surface area contributed by atoms with Crippen molar-refractivity contribution in [3.8, 4) is 5.75 Å². The number of ether oxygens (including phenoxy) is 1. The van der Waals surface area contributed by atoms with Crippen molar-refractivity contribution < 1.29 is 9.53 Å². The van der Waals surface area contributed by atoms with E-state index in [1.165, 1.54) is 11.3 Å². The van der Waals surface area contributed by atoms with Crippen LogP contribution in [-0.4, -0.2) is 59.9 Å². The van der Waals surface area contributed by atoms with Gasteiger partial charge in [-0.1, -0.05) is 11.3 Å². The number of halogens is 1. The van der Waals surface area contributed by atoms with Gasteiger partial charge in [0.2, 0.25) is 0 Å². The molecule has 0 unspecified atom stereocenters. The van der Waals surface area contributed by atoms with Crippen LogP contribution in [0.15, 0.2) is 24.3 Å². The molecule has 1 aromatic carbocycles. The number of anilines is 1. The molecule has 0 radical (unpaired) electrons. The quantitative estimate of drug-likeness (QED) is 0.583. The molecule has 3 aromatic rings. The van der Waals surface area contributed by atoms with E-state index in [9.17, 15) is 4.79 Å². The monoisotopic (exact) mass is 423 g/mol.